The first-order chi connectivity index (χ1) is 6.91. The molecule has 0 aliphatic rings. The molecule has 15 heavy (non-hydrogen) atoms. The van der Waals surface area contributed by atoms with Crippen LogP contribution in [0.1, 0.15) is 11.7 Å². The Hall–Kier alpha value is -0.840. The van der Waals surface area contributed by atoms with E-state index in [-0.39, 0.29) is 15.6 Å². The number of aliphatic hydroxyl groups excluding tert-OH is 1. The third kappa shape index (κ3) is 3.06. The minimum absolute atomic E-state index is 0.0300. The fourth-order valence-corrected chi connectivity index (χ4v) is 1.59. The molecule has 0 aromatic heterocycles. The quantitative estimate of drug-likeness (QED) is 0.869. The maximum absolute atomic E-state index is 12.9. The molecule has 1 aromatic carbocycles. The lowest BCUT2D eigenvalue weighted by atomic mass is 10.1. The first-order valence-corrected chi connectivity index (χ1v) is 4.68. The van der Waals surface area contributed by atoms with Crippen molar-refractivity contribution in [3.63, 3.8) is 0 Å². The molecule has 0 radical (unpaired) electrons. The molecule has 0 saturated heterocycles. The fraction of sp³-hybridized carbons (Fsp3) is 0.222. The Labute approximate surface area is 95.0 Å². The predicted molar refractivity (Wildman–Crippen MR) is 54.0 cm³/mol. The van der Waals surface area contributed by atoms with Gasteiger partial charge in [-0.3, -0.25) is 0 Å². The highest BCUT2D eigenvalue weighted by molar-refractivity contribution is 6.34. The second kappa shape index (κ2) is 4.79. The fourth-order valence-electron chi connectivity index (χ4n) is 1.05. The first-order valence-electron chi connectivity index (χ1n) is 3.92. The summed E-state index contributed by atoms with van der Waals surface area (Å²) in [6, 6.07) is 3.91. The Morgan fingerprint density at radius 3 is 2.13 bits per heavy atom. The number of aliphatic carboxylic acids is 1. The van der Waals surface area contributed by atoms with Gasteiger partial charge in [0, 0.05) is 10.0 Å². The number of carboxylic acids is 1. The average molecular weight is 253 g/mol. The van der Waals surface area contributed by atoms with Crippen LogP contribution >= 0.6 is 23.2 Å². The molecule has 0 bridgehead atoms. The van der Waals surface area contributed by atoms with Gasteiger partial charge in [-0.2, -0.15) is 0 Å². The van der Waals surface area contributed by atoms with Gasteiger partial charge in [-0.25, -0.2) is 9.18 Å². The smallest absolute Gasteiger partial charge is 0.341 e. The molecule has 0 saturated carbocycles. The molecule has 0 amide bonds. The third-order valence-corrected chi connectivity index (χ3v) is 2.18. The molecule has 1 rings (SSSR count). The van der Waals surface area contributed by atoms with E-state index in [9.17, 15) is 14.3 Å². The van der Waals surface area contributed by atoms with Crippen molar-refractivity contribution in [2.75, 3.05) is 0 Å². The van der Waals surface area contributed by atoms with Crippen LogP contribution in [0.25, 0.3) is 0 Å². The lowest BCUT2D eigenvalue weighted by Crippen LogP contribution is -2.23. The Balaban J connectivity index is 3.00. The summed E-state index contributed by atoms with van der Waals surface area (Å²) in [5, 5.41) is 18.1. The van der Waals surface area contributed by atoms with Gasteiger partial charge in [0.05, 0.1) is 0 Å². The monoisotopic (exact) mass is 252 g/mol. The zero-order valence-corrected chi connectivity index (χ0v) is 8.84. The second-order valence-corrected chi connectivity index (χ2v) is 3.76. The van der Waals surface area contributed by atoms with E-state index in [2.05, 4.69) is 0 Å². The molecular formula is C9H7Cl2FO3. The highest BCUT2D eigenvalue weighted by Crippen LogP contribution is 2.26. The van der Waals surface area contributed by atoms with Gasteiger partial charge >= 0.3 is 5.97 Å². The Kier molecular flexibility index (Phi) is 3.90. The van der Waals surface area contributed by atoms with Crippen LogP contribution in [0.2, 0.25) is 10.0 Å². The number of aliphatic hydroxyl groups is 1. The van der Waals surface area contributed by atoms with E-state index in [1.807, 2.05) is 0 Å². The Bertz CT molecular complexity index is 363. The van der Waals surface area contributed by atoms with Crippen molar-refractivity contribution in [3.8, 4) is 0 Å². The molecule has 6 heteroatoms. The number of halogens is 3. The summed E-state index contributed by atoms with van der Waals surface area (Å²) in [6.45, 7) is 0. The van der Waals surface area contributed by atoms with Crippen LogP contribution in [0.15, 0.2) is 18.2 Å². The molecule has 1 aromatic rings. The number of carbonyl (C=O) groups is 1. The maximum Gasteiger partial charge on any atom is 0.341 e. The van der Waals surface area contributed by atoms with Crippen molar-refractivity contribution >= 4 is 29.2 Å². The molecule has 2 N–H and O–H groups in total. The van der Waals surface area contributed by atoms with Crippen molar-refractivity contribution in [2.24, 2.45) is 0 Å². The topological polar surface area (TPSA) is 57.5 Å². The number of carboxylic acid groups (broad SMARTS) is 1. The van der Waals surface area contributed by atoms with Crippen LogP contribution in [-0.4, -0.2) is 22.4 Å². The SMILES string of the molecule is O=C(O)C(F)C(O)c1cc(Cl)cc(Cl)c1. The van der Waals surface area contributed by atoms with Crippen molar-refractivity contribution in [2.45, 2.75) is 12.3 Å². The van der Waals surface area contributed by atoms with E-state index in [1.165, 1.54) is 18.2 Å². The molecule has 0 aliphatic heterocycles. The Morgan fingerprint density at radius 1 is 1.27 bits per heavy atom. The second-order valence-electron chi connectivity index (χ2n) is 2.89. The molecule has 0 fully saturated rings. The lowest BCUT2D eigenvalue weighted by Gasteiger charge is -2.12. The number of alkyl halides is 1. The summed E-state index contributed by atoms with van der Waals surface area (Å²) in [5.74, 6) is -1.74. The van der Waals surface area contributed by atoms with Crippen LogP contribution in [0.3, 0.4) is 0 Å². The minimum Gasteiger partial charge on any atom is -0.479 e. The summed E-state index contributed by atoms with van der Waals surface area (Å²) >= 11 is 11.2. The van der Waals surface area contributed by atoms with Crippen LogP contribution in [0.4, 0.5) is 4.39 Å². The molecule has 0 heterocycles. The van der Waals surface area contributed by atoms with Crippen molar-refractivity contribution in [3.05, 3.63) is 33.8 Å². The maximum atomic E-state index is 12.9. The molecule has 2 unspecified atom stereocenters. The van der Waals surface area contributed by atoms with Crippen LogP contribution < -0.4 is 0 Å². The van der Waals surface area contributed by atoms with Crippen LogP contribution in [0.5, 0.6) is 0 Å². The van der Waals surface area contributed by atoms with Gasteiger partial charge in [-0.1, -0.05) is 23.2 Å². The largest absolute Gasteiger partial charge is 0.479 e. The van der Waals surface area contributed by atoms with Gasteiger partial charge in [0.1, 0.15) is 6.10 Å². The summed E-state index contributed by atoms with van der Waals surface area (Å²) in [4.78, 5) is 10.3. The van der Waals surface area contributed by atoms with E-state index < -0.39 is 18.2 Å². The van der Waals surface area contributed by atoms with Crippen molar-refractivity contribution in [1.82, 2.24) is 0 Å². The molecular weight excluding hydrogens is 246 g/mol. The van der Waals surface area contributed by atoms with Gasteiger partial charge in [0.15, 0.2) is 0 Å². The van der Waals surface area contributed by atoms with E-state index in [0.717, 1.165) is 0 Å². The van der Waals surface area contributed by atoms with Gasteiger partial charge in [0.25, 0.3) is 0 Å². The summed E-state index contributed by atoms with van der Waals surface area (Å²) in [6.07, 6.45) is -4.18. The molecule has 0 aliphatic carbocycles. The number of rotatable bonds is 3. The van der Waals surface area contributed by atoms with Gasteiger partial charge in [-0.15, -0.1) is 0 Å². The normalized spacial score (nSPS) is 14.7. The molecule has 0 spiro atoms. The number of hydrogen-bond donors (Lipinski definition) is 2. The minimum atomic E-state index is -2.40. The standard InChI is InChI=1S/C9H7Cl2FO3/c10-5-1-4(2-6(11)3-5)8(13)7(12)9(14)15/h1-3,7-8,13H,(H,14,15). The summed E-state index contributed by atoms with van der Waals surface area (Å²) in [5.41, 5.74) is 0.0300. The van der Waals surface area contributed by atoms with Gasteiger partial charge in [0.2, 0.25) is 6.17 Å². The van der Waals surface area contributed by atoms with E-state index in [1.54, 1.807) is 0 Å². The van der Waals surface area contributed by atoms with Crippen LogP contribution in [-0.2, 0) is 4.79 Å². The third-order valence-electron chi connectivity index (χ3n) is 1.74. The van der Waals surface area contributed by atoms with E-state index in [0.29, 0.717) is 0 Å². The van der Waals surface area contributed by atoms with Crippen molar-refractivity contribution < 1.29 is 19.4 Å². The zero-order chi connectivity index (χ0) is 11.6. The van der Waals surface area contributed by atoms with E-state index >= 15 is 0 Å². The van der Waals surface area contributed by atoms with E-state index in [4.69, 9.17) is 28.3 Å². The summed E-state index contributed by atoms with van der Waals surface area (Å²) in [7, 11) is 0. The highest BCUT2D eigenvalue weighted by Gasteiger charge is 2.27. The first kappa shape index (κ1) is 12.2. The lowest BCUT2D eigenvalue weighted by molar-refractivity contribution is -0.147. The predicted octanol–water partition coefficient (Wildman–Crippen LogP) is 2.45. The number of hydrogen-bond acceptors (Lipinski definition) is 2. The molecule has 82 valence electrons. The molecule has 3 nitrogen and oxygen atoms in total. The zero-order valence-electron chi connectivity index (χ0n) is 7.32. The van der Waals surface area contributed by atoms with Gasteiger partial charge in [-0.05, 0) is 23.8 Å². The average Bonchev–Trinajstić information content (AvgIpc) is 2.13. The molecule has 2 atom stereocenters. The van der Waals surface area contributed by atoms with Crippen LogP contribution in [0, 0.1) is 0 Å². The Morgan fingerprint density at radius 2 is 1.73 bits per heavy atom. The highest BCUT2D eigenvalue weighted by atomic mass is 35.5. The van der Waals surface area contributed by atoms with Crippen molar-refractivity contribution in [1.29, 1.82) is 0 Å². The summed E-state index contributed by atoms with van der Waals surface area (Å²) < 4.78 is 12.9. The van der Waals surface area contributed by atoms with Gasteiger partial charge < -0.3 is 10.2 Å². The number of benzene rings is 1.